The molecule has 0 saturated heterocycles. The molecule has 36 heavy (non-hydrogen) atoms. The average Bonchev–Trinajstić information content (AvgIpc) is 2.91. The monoisotopic (exact) mass is 500 g/mol. The van der Waals surface area contributed by atoms with Gasteiger partial charge >= 0.3 is 0 Å². The predicted octanol–water partition coefficient (Wildman–Crippen LogP) is 10.4. The molecule has 0 radical (unpaired) electrons. The summed E-state index contributed by atoms with van der Waals surface area (Å²) >= 11 is 0. The van der Waals surface area contributed by atoms with Crippen LogP contribution in [0.15, 0.2) is 24.8 Å². The third kappa shape index (κ3) is 7.13. The SMILES string of the molecule is C=CCCOc1ccc(C2CCC3CC(C4CCC(CCCCCCC)CC4)CCC3C2)c(F)c1F. The normalized spacial score (nSPS) is 30.5. The highest BCUT2D eigenvalue weighted by molar-refractivity contribution is 5.33. The van der Waals surface area contributed by atoms with Crippen LogP contribution in [0.5, 0.6) is 5.75 Å². The molecule has 3 aliphatic rings. The molecule has 3 fully saturated rings. The highest BCUT2D eigenvalue weighted by Crippen LogP contribution is 2.51. The van der Waals surface area contributed by atoms with Crippen LogP contribution in [0.4, 0.5) is 8.78 Å². The second kappa shape index (κ2) is 14.0. The molecule has 0 spiro atoms. The number of hydrogen-bond donors (Lipinski definition) is 0. The van der Waals surface area contributed by atoms with Gasteiger partial charge in [0.15, 0.2) is 11.6 Å². The lowest BCUT2D eigenvalue weighted by atomic mass is 9.60. The summed E-state index contributed by atoms with van der Waals surface area (Å²) in [6.07, 6.45) is 23.9. The van der Waals surface area contributed by atoms with Gasteiger partial charge in [0.05, 0.1) is 6.61 Å². The topological polar surface area (TPSA) is 9.23 Å². The molecule has 3 heteroatoms. The average molecular weight is 501 g/mol. The van der Waals surface area contributed by atoms with Crippen molar-refractivity contribution in [3.8, 4) is 5.75 Å². The first-order valence-corrected chi connectivity index (χ1v) is 15.3. The molecule has 0 N–H and O–H groups in total. The summed E-state index contributed by atoms with van der Waals surface area (Å²) in [6.45, 7) is 6.27. The Balaban J connectivity index is 1.23. The number of rotatable bonds is 12. The molecule has 1 nitrogen and oxygen atoms in total. The summed E-state index contributed by atoms with van der Waals surface area (Å²) in [5.74, 6) is 2.99. The standard InChI is InChI=1S/C33H50F2O/c1-3-5-7-8-9-10-24-11-13-25(14-12-24)26-15-16-28-23-29(18-17-27(28)22-26)30-19-20-31(33(35)32(30)34)36-21-6-4-2/h4,19-20,24-29H,2-3,5-18,21-23H2,1H3. The van der Waals surface area contributed by atoms with Crippen LogP contribution in [0.1, 0.15) is 128 Å². The zero-order valence-corrected chi connectivity index (χ0v) is 22.8. The van der Waals surface area contributed by atoms with Gasteiger partial charge in [-0.15, -0.1) is 6.58 Å². The first kappa shape index (κ1) is 27.6. The molecule has 0 heterocycles. The minimum atomic E-state index is -0.820. The van der Waals surface area contributed by atoms with Gasteiger partial charge in [-0.2, -0.15) is 4.39 Å². The summed E-state index contributed by atoms with van der Waals surface area (Å²) in [5.41, 5.74) is 0.567. The van der Waals surface area contributed by atoms with Gasteiger partial charge in [-0.1, -0.05) is 70.4 Å². The molecule has 3 saturated carbocycles. The van der Waals surface area contributed by atoms with Gasteiger partial charge in [0.25, 0.3) is 0 Å². The number of benzene rings is 1. The third-order valence-electron chi connectivity index (χ3n) is 10.0. The third-order valence-corrected chi connectivity index (χ3v) is 10.0. The van der Waals surface area contributed by atoms with Crippen molar-refractivity contribution >= 4 is 0 Å². The summed E-state index contributed by atoms with van der Waals surface area (Å²) in [5, 5.41) is 0. The summed E-state index contributed by atoms with van der Waals surface area (Å²) < 4.78 is 35.0. The Kier molecular flexibility index (Phi) is 10.7. The summed E-state index contributed by atoms with van der Waals surface area (Å²) in [6, 6.07) is 3.40. The molecule has 4 unspecified atom stereocenters. The molecule has 0 amide bonds. The van der Waals surface area contributed by atoms with Crippen molar-refractivity contribution in [1.29, 1.82) is 0 Å². The molecule has 0 aromatic heterocycles. The zero-order chi connectivity index (χ0) is 25.3. The maximum absolute atomic E-state index is 15.0. The van der Waals surface area contributed by atoms with E-state index in [9.17, 15) is 8.78 Å². The first-order valence-electron chi connectivity index (χ1n) is 15.3. The zero-order valence-electron chi connectivity index (χ0n) is 22.8. The number of halogens is 2. The molecule has 3 aliphatic carbocycles. The smallest absolute Gasteiger partial charge is 0.200 e. The second-order valence-corrected chi connectivity index (χ2v) is 12.3. The minimum Gasteiger partial charge on any atom is -0.490 e. The molecule has 4 rings (SSSR count). The number of unbranched alkanes of at least 4 members (excludes halogenated alkanes) is 4. The van der Waals surface area contributed by atoms with E-state index in [1.54, 1.807) is 18.2 Å². The van der Waals surface area contributed by atoms with E-state index in [1.807, 2.05) is 0 Å². The molecule has 0 aliphatic heterocycles. The minimum absolute atomic E-state index is 0.0264. The van der Waals surface area contributed by atoms with Crippen LogP contribution in [-0.2, 0) is 0 Å². The fourth-order valence-corrected chi connectivity index (χ4v) is 7.85. The van der Waals surface area contributed by atoms with Crippen LogP contribution in [0.3, 0.4) is 0 Å². The quantitative estimate of drug-likeness (QED) is 0.205. The number of hydrogen-bond acceptors (Lipinski definition) is 1. The van der Waals surface area contributed by atoms with Crippen molar-refractivity contribution in [1.82, 2.24) is 0 Å². The maximum atomic E-state index is 15.0. The van der Waals surface area contributed by atoms with Crippen LogP contribution in [0, 0.1) is 41.2 Å². The van der Waals surface area contributed by atoms with E-state index >= 15 is 0 Å². The molecular formula is C33H50F2O. The van der Waals surface area contributed by atoms with Crippen LogP contribution < -0.4 is 4.74 Å². The van der Waals surface area contributed by atoms with E-state index in [4.69, 9.17) is 4.74 Å². The summed E-state index contributed by atoms with van der Waals surface area (Å²) in [7, 11) is 0. The lowest BCUT2D eigenvalue weighted by Gasteiger charge is -2.45. The number of fused-ring (bicyclic) bond motifs is 1. The fraction of sp³-hybridized carbons (Fsp3) is 0.758. The van der Waals surface area contributed by atoms with Crippen molar-refractivity contribution in [2.24, 2.45) is 29.6 Å². The van der Waals surface area contributed by atoms with Gasteiger partial charge in [-0.25, -0.2) is 4.39 Å². The Morgan fingerprint density at radius 1 is 0.806 bits per heavy atom. The molecular weight excluding hydrogens is 450 g/mol. The van der Waals surface area contributed by atoms with Crippen LogP contribution >= 0.6 is 0 Å². The predicted molar refractivity (Wildman–Crippen MR) is 146 cm³/mol. The van der Waals surface area contributed by atoms with E-state index in [-0.39, 0.29) is 11.7 Å². The molecule has 4 atom stereocenters. The highest BCUT2D eigenvalue weighted by Gasteiger charge is 2.39. The Morgan fingerprint density at radius 3 is 2.22 bits per heavy atom. The molecule has 202 valence electrons. The molecule has 0 bridgehead atoms. The van der Waals surface area contributed by atoms with Crippen LogP contribution in [0.25, 0.3) is 0 Å². The largest absolute Gasteiger partial charge is 0.490 e. The van der Waals surface area contributed by atoms with E-state index in [0.717, 1.165) is 36.5 Å². The Bertz CT molecular complexity index is 812. The lowest BCUT2D eigenvalue weighted by molar-refractivity contribution is 0.0705. The Hall–Kier alpha value is -1.38. The Labute approximate surface area is 219 Å². The maximum Gasteiger partial charge on any atom is 0.200 e. The van der Waals surface area contributed by atoms with Gasteiger partial charge in [0, 0.05) is 0 Å². The van der Waals surface area contributed by atoms with Crippen LogP contribution in [0.2, 0.25) is 0 Å². The van der Waals surface area contributed by atoms with E-state index in [0.29, 0.717) is 24.5 Å². The highest BCUT2D eigenvalue weighted by atomic mass is 19.2. The van der Waals surface area contributed by atoms with Gasteiger partial charge in [0.1, 0.15) is 0 Å². The first-order chi connectivity index (χ1) is 17.6. The van der Waals surface area contributed by atoms with Crippen molar-refractivity contribution in [3.63, 3.8) is 0 Å². The van der Waals surface area contributed by atoms with Gasteiger partial charge in [-0.3, -0.25) is 0 Å². The Morgan fingerprint density at radius 2 is 1.47 bits per heavy atom. The van der Waals surface area contributed by atoms with Gasteiger partial charge in [-0.05, 0) is 105 Å². The van der Waals surface area contributed by atoms with Gasteiger partial charge in [0.2, 0.25) is 5.82 Å². The van der Waals surface area contributed by atoms with E-state index < -0.39 is 11.6 Å². The lowest BCUT2D eigenvalue weighted by Crippen LogP contribution is -2.34. The fourth-order valence-electron chi connectivity index (χ4n) is 7.85. The van der Waals surface area contributed by atoms with Crippen molar-refractivity contribution < 1.29 is 13.5 Å². The second-order valence-electron chi connectivity index (χ2n) is 12.3. The van der Waals surface area contributed by atoms with E-state index in [2.05, 4.69) is 13.5 Å². The number of ether oxygens (including phenoxy) is 1. The molecule has 1 aromatic rings. The summed E-state index contributed by atoms with van der Waals surface area (Å²) in [4.78, 5) is 0. The van der Waals surface area contributed by atoms with Crippen molar-refractivity contribution in [2.75, 3.05) is 6.61 Å². The van der Waals surface area contributed by atoms with Crippen molar-refractivity contribution in [3.05, 3.63) is 42.0 Å². The van der Waals surface area contributed by atoms with E-state index in [1.165, 1.54) is 89.9 Å². The van der Waals surface area contributed by atoms with Gasteiger partial charge < -0.3 is 4.74 Å². The van der Waals surface area contributed by atoms with Crippen LogP contribution in [-0.4, -0.2) is 6.61 Å². The van der Waals surface area contributed by atoms with Crippen molar-refractivity contribution in [2.45, 2.75) is 122 Å². The molecule has 1 aromatic carbocycles.